The molecule has 0 saturated heterocycles. The smallest absolute Gasteiger partial charge is 0.228 e. The fraction of sp³-hybridized carbons (Fsp3) is 0.300. The Morgan fingerprint density at radius 3 is 2.62 bits per heavy atom. The van der Waals surface area contributed by atoms with Gasteiger partial charge in [0.1, 0.15) is 0 Å². The van der Waals surface area contributed by atoms with Crippen LogP contribution in [0.3, 0.4) is 0 Å². The molecule has 1 aliphatic rings. The number of hydrogen-bond acceptors (Lipinski definition) is 2. The maximum atomic E-state index is 12.5. The highest BCUT2D eigenvalue weighted by Gasteiger charge is 2.33. The first-order valence-corrected chi connectivity index (χ1v) is 8.34. The molecule has 1 aliphatic heterocycles. The van der Waals surface area contributed by atoms with Crippen LogP contribution in [0.2, 0.25) is 0 Å². The number of para-hydroxylation sites is 1. The van der Waals surface area contributed by atoms with Crippen LogP contribution < -0.4 is 10.2 Å². The van der Waals surface area contributed by atoms with Crippen LogP contribution in [0.1, 0.15) is 29.9 Å². The number of anilines is 1. The van der Waals surface area contributed by atoms with Crippen molar-refractivity contribution in [2.45, 2.75) is 25.2 Å². The summed E-state index contributed by atoms with van der Waals surface area (Å²) in [5, 5.41) is 2.99. The fourth-order valence-corrected chi connectivity index (χ4v) is 3.15. The first-order valence-electron chi connectivity index (χ1n) is 8.34. The SMILES string of the molecule is CN1C(=O)CC(C(=O)NCCCc2ccccc2)c2ccccc21. The van der Waals surface area contributed by atoms with E-state index in [4.69, 9.17) is 0 Å². The second-order valence-electron chi connectivity index (χ2n) is 6.15. The van der Waals surface area contributed by atoms with Crippen molar-refractivity contribution < 1.29 is 9.59 Å². The standard InChI is InChI=1S/C20H22N2O2/c1-22-18-12-6-5-11-16(18)17(14-19(22)23)20(24)21-13-7-10-15-8-3-2-4-9-15/h2-6,8-9,11-12,17H,7,10,13-14H2,1H3,(H,21,24). The molecule has 1 unspecified atom stereocenters. The van der Waals surface area contributed by atoms with E-state index in [0.29, 0.717) is 6.54 Å². The van der Waals surface area contributed by atoms with E-state index in [1.165, 1.54) is 5.56 Å². The first-order chi connectivity index (χ1) is 11.7. The van der Waals surface area contributed by atoms with E-state index in [9.17, 15) is 9.59 Å². The van der Waals surface area contributed by atoms with Gasteiger partial charge in [0.05, 0.1) is 5.92 Å². The van der Waals surface area contributed by atoms with Crippen LogP contribution in [0.4, 0.5) is 5.69 Å². The average molecular weight is 322 g/mol. The minimum Gasteiger partial charge on any atom is -0.356 e. The third kappa shape index (κ3) is 3.48. The normalized spacial score (nSPS) is 16.6. The van der Waals surface area contributed by atoms with Crippen molar-refractivity contribution in [3.8, 4) is 0 Å². The number of nitrogens with zero attached hydrogens (tertiary/aromatic N) is 1. The molecule has 2 amide bonds. The Balaban J connectivity index is 1.59. The second-order valence-corrected chi connectivity index (χ2v) is 6.15. The lowest BCUT2D eigenvalue weighted by Gasteiger charge is -2.30. The monoisotopic (exact) mass is 322 g/mol. The summed E-state index contributed by atoms with van der Waals surface area (Å²) in [6.07, 6.45) is 2.06. The summed E-state index contributed by atoms with van der Waals surface area (Å²) in [6, 6.07) is 17.9. The number of carbonyl (C=O) groups is 2. The maximum absolute atomic E-state index is 12.5. The molecule has 0 bridgehead atoms. The van der Waals surface area contributed by atoms with Crippen molar-refractivity contribution in [2.75, 3.05) is 18.5 Å². The minimum atomic E-state index is -0.387. The zero-order valence-electron chi connectivity index (χ0n) is 13.9. The average Bonchev–Trinajstić information content (AvgIpc) is 2.62. The molecule has 1 N–H and O–H groups in total. The summed E-state index contributed by atoms with van der Waals surface area (Å²) < 4.78 is 0. The predicted octanol–water partition coefficient (Wildman–Crippen LogP) is 2.89. The van der Waals surface area contributed by atoms with Crippen molar-refractivity contribution in [3.63, 3.8) is 0 Å². The Labute approximate surface area is 142 Å². The van der Waals surface area contributed by atoms with Gasteiger partial charge in [0.25, 0.3) is 0 Å². The van der Waals surface area contributed by atoms with Gasteiger partial charge in [0.15, 0.2) is 0 Å². The molecule has 4 heteroatoms. The van der Waals surface area contributed by atoms with Crippen LogP contribution in [-0.4, -0.2) is 25.4 Å². The molecular formula is C20H22N2O2. The Kier molecular flexibility index (Phi) is 4.94. The zero-order valence-corrected chi connectivity index (χ0v) is 13.9. The van der Waals surface area contributed by atoms with Gasteiger partial charge in [-0.3, -0.25) is 9.59 Å². The van der Waals surface area contributed by atoms with E-state index in [2.05, 4.69) is 17.4 Å². The van der Waals surface area contributed by atoms with Crippen molar-refractivity contribution in [1.82, 2.24) is 5.32 Å². The second kappa shape index (κ2) is 7.30. The molecule has 124 valence electrons. The highest BCUT2D eigenvalue weighted by molar-refractivity contribution is 6.02. The van der Waals surface area contributed by atoms with Gasteiger partial charge < -0.3 is 10.2 Å². The number of fused-ring (bicyclic) bond motifs is 1. The first kappa shape index (κ1) is 16.2. The highest BCUT2D eigenvalue weighted by atomic mass is 16.2. The number of hydrogen-bond donors (Lipinski definition) is 1. The summed E-state index contributed by atoms with van der Waals surface area (Å²) in [7, 11) is 1.76. The molecule has 1 heterocycles. The van der Waals surface area contributed by atoms with Crippen molar-refractivity contribution in [3.05, 3.63) is 65.7 Å². The number of amides is 2. The van der Waals surface area contributed by atoms with Gasteiger partial charge in [-0.25, -0.2) is 0 Å². The van der Waals surface area contributed by atoms with Gasteiger partial charge in [0, 0.05) is 25.7 Å². The van der Waals surface area contributed by atoms with Gasteiger partial charge in [-0.1, -0.05) is 48.5 Å². The molecule has 24 heavy (non-hydrogen) atoms. The number of rotatable bonds is 5. The molecule has 0 aromatic heterocycles. The molecule has 0 saturated carbocycles. The van der Waals surface area contributed by atoms with Gasteiger partial charge in [-0.15, -0.1) is 0 Å². The van der Waals surface area contributed by atoms with E-state index >= 15 is 0 Å². The molecule has 0 radical (unpaired) electrons. The molecule has 2 aromatic rings. The Morgan fingerprint density at radius 2 is 1.83 bits per heavy atom. The quantitative estimate of drug-likeness (QED) is 0.861. The third-order valence-corrected chi connectivity index (χ3v) is 4.53. The lowest BCUT2D eigenvalue weighted by molar-refractivity contribution is -0.127. The van der Waals surface area contributed by atoms with Crippen LogP contribution in [0.5, 0.6) is 0 Å². The Hall–Kier alpha value is -2.62. The van der Waals surface area contributed by atoms with Crippen LogP contribution in [0.25, 0.3) is 0 Å². The number of aryl methyl sites for hydroxylation is 1. The molecule has 2 aromatic carbocycles. The van der Waals surface area contributed by atoms with Crippen LogP contribution in [-0.2, 0) is 16.0 Å². The Morgan fingerprint density at radius 1 is 1.12 bits per heavy atom. The molecule has 1 atom stereocenters. The summed E-state index contributed by atoms with van der Waals surface area (Å²) in [4.78, 5) is 26.3. The van der Waals surface area contributed by atoms with Gasteiger partial charge in [-0.2, -0.15) is 0 Å². The van der Waals surface area contributed by atoms with E-state index < -0.39 is 0 Å². The largest absolute Gasteiger partial charge is 0.356 e. The lowest BCUT2D eigenvalue weighted by atomic mass is 9.89. The molecule has 4 nitrogen and oxygen atoms in total. The molecule has 0 spiro atoms. The highest BCUT2D eigenvalue weighted by Crippen LogP contribution is 2.35. The topological polar surface area (TPSA) is 49.4 Å². The Bertz CT molecular complexity index is 727. The van der Waals surface area contributed by atoms with E-state index in [-0.39, 0.29) is 24.2 Å². The molecule has 3 rings (SSSR count). The molecular weight excluding hydrogens is 300 g/mol. The zero-order chi connectivity index (χ0) is 16.9. The number of nitrogens with one attached hydrogen (secondary N) is 1. The number of benzene rings is 2. The van der Waals surface area contributed by atoms with Gasteiger partial charge in [-0.05, 0) is 30.0 Å². The van der Waals surface area contributed by atoms with E-state index in [0.717, 1.165) is 24.1 Å². The lowest BCUT2D eigenvalue weighted by Crippen LogP contribution is -2.39. The van der Waals surface area contributed by atoms with Crippen molar-refractivity contribution in [2.24, 2.45) is 0 Å². The molecule has 0 fully saturated rings. The summed E-state index contributed by atoms with van der Waals surface area (Å²) in [5.41, 5.74) is 3.03. The fourth-order valence-electron chi connectivity index (χ4n) is 3.15. The maximum Gasteiger partial charge on any atom is 0.228 e. The van der Waals surface area contributed by atoms with Crippen molar-refractivity contribution >= 4 is 17.5 Å². The summed E-state index contributed by atoms with van der Waals surface area (Å²) in [5.74, 6) is -0.461. The van der Waals surface area contributed by atoms with Gasteiger partial charge in [0.2, 0.25) is 11.8 Å². The van der Waals surface area contributed by atoms with Crippen LogP contribution >= 0.6 is 0 Å². The van der Waals surface area contributed by atoms with E-state index in [1.807, 2.05) is 42.5 Å². The third-order valence-electron chi connectivity index (χ3n) is 4.53. The van der Waals surface area contributed by atoms with E-state index in [1.54, 1.807) is 11.9 Å². The number of carbonyl (C=O) groups excluding carboxylic acids is 2. The molecule has 0 aliphatic carbocycles. The predicted molar refractivity (Wildman–Crippen MR) is 95.0 cm³/mol. The van der Waals surface area contributed by atoms with Crippen LogP contribution in [0.15, 0.2) is 54.6 Å². The van der Waals surface area contributed by atoms with Gasteiger partial charge >= 0.3 is 0 Å². The minimum absolute atomic E-state index is 0.0156. The van der Waals surface area contributed by atoms with Crippen molar-refractivity contribution in [1.29, 1.82) is 0 Å². The summed E-state index contributed by atoms with van der Waals surface area (Å²) in [6.45, 7) is 0.621. The van der Waals surface area contributed by atoms with Crippen LogP contribution in [0, 0.1) is 0 Å². The summed E-state index contributed by atoms with van der Waals surface area (Å²) >= 11 is 0.